The molecule has 2 aromatic heterocycles. The summed E-state index contributed by atoms with van der Waals surface area (Å²) in [5.41, 5.74) is 1.01. The lowest BCUT2D eigenvalue weighted by Crippen LogP contribution is -2.06. The van der Waals surface area contributed by atoms with E-state index in [1.165, 1.54) is 0 Å². The van der Waals surface area contributed by atoms with E-state index in [9.17, 15) is 0 Å². The molecule has 2 rings (SSSR count). The minimum absolute atomic E-state index is 0.532. The van der Waals surface area contributed by atoms with Gasteiger partial charge in [0, 0.05) is 24.9 Å². The van der Waals surface area contributed by atoms with Gasteiger partial charge in [-0.3, -0.25) is 9.97 Å². The van der Waals surface area contributed by atoms with Crippen LogP contribution in [0.5, 0.6) is 5.88 Å². The smallest absolute Gasteiger partial charge is 0.234 e. The molecule has 0 bridgehead atoms. The fourth-order valence-electron chi connectivity index (χ4n) is 1.49. The van der Waals surface area contributed by atoms with Gasteiger partial charge in [-0.05, 0) is 19.1 Å². The van der Waals surface area contributed by atoms with E-state index in [0.29, 0.717) is 12.5 Å². The molecule has 0 aliphatic heterocycles. The van der Waals surface area contributed by atoms with Gasteiger partial charge in [0.2, 0.25) is 5.88 Å². The zero-order valence-electron chi connectivity index (χ0n) is 10.3. The highest BCUT2D eigenvalue weighted by molar-refractivity contribution is 5.32. The van der Waals surface area contributed by atoms with Gasteiger partial charge < -0.3 is 10.1 Å². The van der Waals surface area contributed by atoms with Gasteiger partial charge in [0.25, 0.3) is 0 Å². The molecule has 0 aromatic carbocycles. The van der Waals surface area contributed by atoms with E-state index in [0.717, 1.165) is 24.5 Å². The summed E-state index contributed by atoms with van der Waals surface area (Å²) in [5.74, 6) is 1.26. The van der Waals surface area contributed by atoms with Crippen molar-refractivity contribution in [2.24, 2.45) is 0 Å². The highest BCUT2D eigenvalue weighted by Gasteiger charge is 1.99. The molecular weight excluding hydrogens is 228 g/mol. The van der Waals surface area contributed by atoms with Crippen LogP contribution in [0.1, 0.15) is 12.6 Å². The van der Waals surface area contributed by atoms with Crippen molar-refractivity contribution >= 4 is 5.82 Å². The van der Waals surface area contributed by atoms with Crippen molar-refractivity contribution in [1.29, 1.82) is 0 Å². The first-order valence-corrected chi connectivity index (χ1v) is 5.97. The summed E-state index contributed by atoms with van der Waals surface area (Å²) in [6.07, 6.45) is 5.82. The fraction of sp³-hybridized carbons (Fsp3) is 0.308. The number of hydrogen-bond donors (Lipinski definition) is 1. The van der Waals surface area contributed by atoms with E-state index in [2.05, 4.69) is 20.3 Å². The molecule has 5 heteroatoms. The first-order chi connectivity index (χ1) is 8.88. The Balaban J connectivity index is 1.84. The average molecular weight is 244 g/mol. The summed E-state index contributed by atoms with van der Waals surface area (Å²) < 4.78 is 5.54. The van der Waals surface area contributed by atoms with E-state index in [1.807, 2.05) is 25.1 Å². The number of nitrogens with zero attached hydrogens (tertiary/aromatic N) is 3. The van der Waals surface area contributed by atoms with Crippen LogP contribution in [0.2, 0.25) is 0 Å². The lowest BCUT2D eigenvalue weighted by atomic mass is 10.3. The predicted octanol–water partition coefficient (Wildman–Crippen LogP) is 1.92. The summed E-state index contributed by atoms with van der Waals surface area (Å²) in [6, 6.07) is 5.84. The third kappa shape index (κ3) is 3.69. The Hall–Kier alpha value is -2.17. The summed E-state index contributed by atoms with van der Waals surface area (Å²) in [6.45, 7) is 3.36. The van der Waals surface area contributed by atoms with Crippen molar-refractivity contribution < 1.29 is 4.74 Å². The Kier molecular flexibility index (Phi) is 4.46. The molecule has 0 fully saturated rings. The standard InChI is InChI=1S/C13H16N4O/c1-2-15-12-9-14-10-13(17-12)18-8-6-11-5-3-4-7-16-11/h3-5,7,9-10H,2,6,8H2,1H3,(H,15,17). The summed E-state index contributed by atoms with van der Waals surface area (Å²) in [5, 5.41) is 3.09. The maximum Gasteiger partial charge on any atom is 0.234 e. The number of nitrogens with one attached hydrogen (secondary N) is 1. The quantitative estimate of drug-likeness (QED) is 0.841. The third-order valence-electron chi connectivity index (χ3n) is 2.30. The zero-order chi connectivity index (χ0) is 12.6. The predicted molar refractivity (Wildman–Crippen MR) is 69.6 cm³/mol. The fourth-order valence-corrected chi connectivity index (χ4v) is 1.49. The molecule has 0 spiro atoms. The highest BCUT2D eigenvalue weighted by Crippen LogP contribution is 2.09. The van der Waals surface area contributed by atoms with Crippen molar-refractivity contribution in [2.75, 3.05) is 18.5 Å². The molecule has 0 unspecified atom stereocenters. The van der Waals surface area contributed by atoms with Gasteiger partial charge in [-0.1, -0.05) is 6.07 Å². The van der Waals surface area contributed by atoms with E-state index in [1.54, 1.807) is 18.6 Å². The Morgan fingerprint density at radius 2 is 2.22 bits per heavy atom. The van der Waals surface area contributed by atoms with Gasteiger partial charge in [-0.25, -0.2) is 0 Å². The zero-order valence-corrected chi connectivity index (χ0v) is 10.3. The summed E-state index contributed by atoms with van der Waals surface area (Å²) >= 11 is 0. The molecule has 0 aliphatic carbocycles. The molecule has 0 aliphatic rings. The number of aromatic nitrogens is 3. The van der Waals surface area contributed by atoms with E-state index in [4.69, 9.17) is 4.74 Å². The van der Waals surface area contributed by atoms with Gasteiger partial charge in [0.15, 0.2) is 0 Å². The number of pyridine rings is 1. The van der Waals surface area contributed by atoms with Gasteiger partial charge in [0.1, 0.15) is 5.82 Å². The second-order valence-electron chi connectivity index (χ2n) is 3.69. The third-order valence-corrected chi connectivity index (χ3v) is 2.30. The van der Waals surface area contributed by atoms with E-state index < -0.39 is 0 Å². The molecule has 0 radical (unpaired) electrons. The maximum atomic E-state index is 5.54. The SMILES string of the molecule is CCNc1cncc(OCCc2ccccn2)n1. The summed E-state index contributed by atoms with van der Waals surface area (Å²) in [4.78, 5) is 12.6. The normalized spacial score (nSPS) is 10.1. The van der Waals surface area contributed by atoms with Crippen molar-refractivity contribution in [3.8, 4) is 5.88 Å². The van der Waals surface area contributed by atoms with Crippen LogP contribution in [0.4, 0.5) is 5.82 Å². The Labute approximate surface area is 106 Å². The minimum atomic E-state index is 0.532. The van der Waals surface area contributed by atoms with Crippen LogP contribution in [-0.4, -0.2) is 28.1 Å². The van der Waals surface area contributed by atoms with E-state index in [-0.39, 0.29) is 0 Å². The van der Waals surface area contributed by atoms with Gasteiger partial charge in [-0.15, -0.1) is 0 Å². The van der Waals surface area contributed by atoms with E-state index >= 15 is 0 Å². The van der Waals surface area contributed by atoms with Crippen LogP contribution < -0.4 is 10.1 Å². The molecule has 2 aromatic rings. The van der Waals surface area contributed by atoms with Crippen LogP contribution >= 0.6 is 0 Å². The van der Waals surface area contributed by atoms with Crippen molar-refractivity contribution in [1.82, 2.24) is 15.0 Å². The largest absolute Gasteiger partial charge is 0.476 e. The Morgan fingerprint density at radius 3 is 3.00 bits per heavy atom. The van der Waals surface area contributed by atoms with Crippen molar-refractivity contribution in [3.05, 3.63) is 42.5 Å². The number of ether oxygens (including phenoxy) is 1. The van der Waals surface area contributed by atoms with Gasteiger partial charge >= 0.3 is 0 Å². The van der Waals surface area contributed by atoms with Gasteiger partial charge in [0.05, 0.1) is 19.0 Å². The Bertz CT molecular complexity index is 475. The molecule has 0 saturated carbocycles. The first kappa shape index (κ1) is 12.3. The second kappa shape index (κ2) is 6.54. The van der Waals surface area contributed by atoms with Crippen LogP contribution in [-0.2, 0) is 6.42 Å². The monoisotopic (exact) mass is 244 g/mol. The maximum absolute atomic E-state index is 5.54. The molecule has 1 N–H and O–H groups in total. The lowest BCUT2D eigenvalue weighted by molar-refractivity contribution is 0.307. The molecule has 5 nitrogen and oxygen atoms in total. The molecule has 0 amide bonds. The second-order valence-corrected chi connectivity index (χ2v) is 3.69. The topological polar surface area (TPSA) is 59.9 Å². The Morgan fingerprint density at radius 1 is 1.28 bits per heavy atom. The lowest BCUT2D eigenvalue weighted by Gasteiger charge is -2.06. The highest BCUT2D eigenvalue weighted by atomic mass is 16.5. The molecule has 18 heavy (non-hydrogen) atoms. The molecular formula is C13H16N4O. The number of rotatable bonds is 6. The summed E-state index contributed by atoms with van der Waals surface area (Å²) in [7, 11) is 0. The van der Waals surface area contributed by atoms with Crippen molar-refractivity contribution in [3.63, 3.8) is 0 Å². The molecule has 0 atom stereocenters. The number of hydrogen-bond acceptors (Lipinski definition) is 5. The number of anilines is 1. The van der Waals surface area contributed by atoms with Gasteiger partial charge in [-0.2, -0.15) is 4.98 Å². The van der Waals surface area contributed by atoms with Crippen LogP contribution in [0.15, 0.2) is 36.8 Å². The van der Waals surface area contributed by atoms with Crippen LogP contribution in [0, 0.1) is 0 Å². The molecule has 2 heterocycles. The molecule has 94 valence electrons. The average Bonchev–Trinajstić information content (AvgIpc) is 2.41. The molecule has 0 saturated heterocycles. The van der Waals surface area contributed by atoms with Crippen molar-refractivity contribution in [2.45, 2.75) is 13.3 Å². The van der Waals surface area contributed by atoms with Crippen LogP contribution in [0.3, 0.4) is 0 Å². The first-order valence-electron chi connectivity index (χ1n) is 5.97. The van der Waals surface area contributed by atoms with Crippen LogP contribution in [0.25, 0.3) is 0 Å². The minimum Gasteiger partial charge on any atom is -0.476 e.